The third-order valence-electron chi connectivity index (χ3n) is 5.50. The van der Waals surface area contributed by atoms with Gasteiger partial charge >= 0.3 is 11.9 Å². The van der Waals surface area contributed by atoms with Gasteiger partial charge in [-0.15, -0.1) is 0 Å². The van der Waals surface area contributed by atoms with Crippen LogP contribution in [-0.2, 0) is 28.8 Å². The molecule has 3 fully saturated rings. The van der Waals surface area contributed by atoms with E-state index in [9.17, 15) is 39.0 Å². The van der Waals surface area contributed by atoms with Crippen LogP contribution in [0.3, 0.4) is 0 Å². The first-order valence-corrected chi connectivity index (χ1v) is 8.37. The Hall–Kier alpha value is -2.78. The van der Waals surface area contributed by atoms with Gasteiger partial charge in [0.25, 0.3) is 0 Å². The van der Waals surface area contributed by atoms with E-state index >= 15 is 0 Å². The van der Waals surface area contributed by atoms with Crippen LogP contribution in [0.1, 0.15) is 44.9 Å². The molecule has 3 rings (SSSR count). The summed E-state index contributed by atoms with van der Waals surface area (Å²) < 4.78 is 0. The molecule has 0 aromatic heterocycles. The molecule has 0 radical (unpaired) electrons. The minimum atomic E-state index is -2.12. The molecule has 26 heavy (non-hydrogen) atoms. The highest BCUT2D eigenvalue weighted by Crippen LogP contribution is 2.43. The fourth-order valence-corrected chi connectivity index (χ4v) is 4.26. The van der Waals surface area contributed by atoms with Crippen molar-refractivity contribution in [2.45, 2.75) is 56.5 Å². The van der Waals surface area contributed by atoms with Crippen LogP contribution in [0, 0.1) is 5.92 Å². The number of carboxylic acid groups (broad SMARTS) is 2. The topological polar surface area (TPSA) is 149 Å². The lowest BCUT2D eigenvalue weighted by atomic mass is 9.70. The van der Waals surface area contributed by atoms with Crippen molar-refractivity contribution in [3.63, 3.8) is 0 Å². The van der Waals surface area contributed by atoms with Crippen LogP contribution < -0.4 is 0 Å². The largest absolute Gasteiger partial charge is 0.481 e. The number of carbonyl (C=O) groups is 6. The first kappa shape index (κ1) is 18.0. The molecule has 1 saturated carbocycles. The van der Waals surface area contributed by atoms with Crippen LogP contribution in [0.25, 0.3) is 0 Å². The molecule has 1 unspecified atom stereocenters. The van der Waals surface area contributed by atoms with Gasteiger partial charge in [-0.05, 0) is 19.3 Å². The Morgan fingerprint density at radius 1 is 0.885 bits per heavy atom. The normalized spacial score (nSPS) is 32.5. The SMILES string of the molecule is O=C(O)[C@H]1CC[C@](C(=O)O)(N2C(=O)CCC2=O)C(N2C(=O)CCC2=O)C1. The van der Waals surface area contributed by atoms with Crippen molar-refractivity contribution in [3.8, 4) is 0 Å². The molecular formula is C16H18N2O8. The molecule has 2 N–H and O–H groups in total. The number of carbonyl (C=O) groups excluding carboxylic acids is 4. The Kier molecular flexibility index (Phi) is 4.29. The van der Waals surface area contributed by atoms with E-state index in [1.165, 1.54) is 0 Å². The van der Waals surface area contributed by atoms with E-state index < -0.39 is 53.1 Å². The standard InChI is InChI=1S/C16H18N2O8/c19-10-1-2-11(20)17(10)9-7-8(14(23)24)5-6-16(9,15(25)26)18-12(21)3-4-13(18)22/h8-9H,1-7H2,(H,23,24)(H,25,26)/t8-,9?,16-/m0/s1. The predicted octanol–water partition coefficient (Wildman–Crippen LogP) is -0.639. The quantitative estimate of drug-likeness (QED) is 0.624. The number of carboxylic acids is 2. The zero-order valence-electron chi connectivity index (χ0n) is 13.8. The zero-order chi connectivity index (χ0) is 19.2. The van der Waals surface area contributed by atoms with Crippen molar-refractivity contribution in [2.24, 2.45) is 5.92 Å². The van der Waals surface area contributed by atoms with E-state index in [-0.39, 0.29) is 44.9 Å². The van der Waals surface area contributed by atoms with Gasteiger partial charge in [-0.3, -0.25) is 33.8 Å². The minimum absolute atomic E-state index is 0.0780. The number of rotatable bonds is 4. The van der Waals surface area contributed by atoms with Gasteiger partial charge < -0.3 is 10.2 Å². The second kappa shape index (κ2) is 6.19. The summed E-state index contributed by atoms with van der Waals surface area (Å²) in [6.45, 7) is 0. The Balaban J connectivity index is 2.13. The second-order valence-corrected chi connectivity index (χ2v) is 6.84. The van der Waals surface area contributed by atoms with Crippen molar-refractivity contribution in [3.05, 3.63) is 0 Å². The fraction of sp³-hybridized carbons (Fsp3) is 0.625. The van der Waals surface area contributed by atoms with E-state index in [2.05, 4.69) is 0 Å². The van der Waals surface area contributed by atoms with Crippen LogP contribution in [0.5, 0.6) is 0 Å². The van der Waals surface area contributed by atoms with Gasteiger partial charge in [-0.25, -0.2) is 4.79 Å². The van der Waals surface area contributed by atoms with Gasteiger partial charge in [0, 0.05) is 25.7 Å². The summed E-state index contributed by atoms with van der Waals surface area (Å²) in [4.78, 5) is 74.1. The molecule has 4 amide bonds. The number of hydrogen-bond acceptors (Lipinski definition) is 6. The highest BCUT2D eigenvalue weighted by atomic mass is 16.4. The molecular weight excluding hydrogens is 348 g/mol. The lowest BCUT2D eigenvalue weighted by Crippen LogP contribution is -2.70. The van der Waals surface area contributed by atoms with Gasteiger partial charge in [0.15, 0.2) is 5.54 Å². The number of aliphatic carboxylic acids is 2. The molecule has 0 aromatic carbocycles. The van der Waals surface area contributed by atoms with Crippen LogP contribution in [0.4, 0.5) is 0 Å². The molecule has 1 aliphatic carbocycles. The summed E-state index contributed by atoms with van der Waals surface area (Å²) in [7, 11) is 0. The molecule has 0 bridgehead atoms. The summed E-state index contributed by atoms with van der Waals surface area (Å²) in [6, 6.07) is -1.39. The molecule has 10 heteroatoms. The van der Waals surface area contributed by atoms with Gasteiger partial charge in [0.1, 0.15) is 0 Å². The molecule has 140 valence electrons. The van der Waals surface area contributed by atoms with Crippen LogP contribution >= 0.6 is 0 Å². The van der Waals surface area contributed by atoms with Crippen molar-refractivity contribution in [1.82, 2.24) is 9.80 Å². The Labute approximate surface area is 147 Å². The first-order chi connectivity index (χ1) is 12.2. The maximum absolute atomic E-state index is 12.3. The molecule has 3 atom stereocenters. The summed E-state index contributed by atoms with van der Waals surface area (Å²) in [5.41, 5.74) is -2.12. The fourth-order valence-electron chi connectivity index (χ4n) is 4.26. The smallest absolute Gasteiger partial charge is 0.332 e. The molecule has 2 aliphatic heterocycles. The Bertz CT molecular complexity index is 700. The molecule has 10 nitrogen and oxygen atoms in total. The number of likely N-dealkylation sites (tertiary alicyclic amines) is 2. The van der Waals surface area contributed by atoms with Crippen LogP contribution in [0.2, 0.25) is 0 Å². The minimum Gasteiger partial charge on any atom is -0.481 e. The Morgan fingerprint density at radius 2 is 1.38 bits per heavy atom. The number of imide groups is 2. The number of amides is 4. The molecule has 3 aliphatic rings. The van der Waals surface area contributed by atoms with Gasteiger partial charge in [0.05, 0.1) is 12.0 Å². The summed E-state index contributed by atoms with van der Waals surface area (Å²) in [6.07, 6.45) is -1.22. The van der Waals surface area contributed by atoms with E-state index in [1.807, 2.05) is 0 Å². The molecule has 2 heterocycles. The highest BCUT2D eigenvalue weighted by molar-refractivity contribution is 6.08. The average Bonchev–Trinajstić information content (AvgIpc) is 3.08. The van der Waals surface area contributed by atoms with Gasteiger partial charge in [-0.1, -0.05) is 0 Å². The monoisotopic (exact) mass is 366 g/mol. The van der Waals surface area contributed by atoms with Crippen molar-refractivity contribution in [1.29, 1.82) is 0 Å². The van der Waals surface area contributed by atoms with Crippen LogP contribution in [-0.4, -0.2) is 67.2 Å². The Morgan fingerprint density at radius 3 is 1.85 bits per heavy atom. The molecule has 0 aromatic rings. The zero-order valence-corrected chi connectivity index (χ0v) is 13.8. The van der Waals surface area contributed by atoms with Crippen molar-refractivity contribution >= 4 is 35.6 Å². The van der Waals surface area contributed by atoms with E-state index in [1.54, 1.807) is 0 Å². The summed E-state index contributed by atoms with van der Waals surface area (Å²) in [5, 5.41) is 19.3. The average molecular weight is 366 g/mol. The maximum atomic E-state index is 12.3. The lowest BCUT2D eigenvalue weighted by Gasteiger charge is -2.49. The van der Waals surface area contributed by atoms with Crippen LogP contribution in [0.15, 0.2) is 0 Å². The number of nitrogens with zero attached hydrogens (tertiary/aromatic N) is 2. The summed E-state index contributed by atoms with van der Waals surface area (Å²) in [5.74, 6) is -6.26. The third kappa shape index (κ3) is 2.47. The van der Waals surface area contributed by atoms with E-state index in [4.69, 9.17) is 0 Å². The lowest BCUT2D eigenvalue weighted by molar-refractivity contribution is -0.177. The number of hydrogen-bond donors (Lipinski definition) is 2. The summed E-state index contributed by atoms with van der Waals surface area (Å²) >= 11 is 0. The maximum Gasteiger partial charge on any atom is 0.332 e. The second-order valence-electron chi connectivity index (χ2n) is 6.84. The first-order valence-electron chi connectivity index (χ1n) is 8.37. The van der Waals surface area contributed by atoms with E-state index in [0.29, 0.717) is 4.90 Å². The van der Waals surface area contributed by atoms with E-state index in [0.717, 1.165) is 4.90 Å². The molecule has 0 spiro atoms. The third-order valence-corrected chi connectivity index (χ3v) is 5.50. The van der Waals surface area contributed by atoms with Gasteiger partial charge in [-0.2, -0.15) is 0 Å². The predicted molar refractivity (Wildman–Crippen MR) is 81.3 cm³/mol. The van der Waals surface area contributed by atoms with Crippen molar-refractivity contribution in [2.75, 3.05) is 0 Å². The van der Waals surface area contributed by atoms with Crippen molar-refractivity contribution < 1.29 is 39.0 Å². The molecule has 2 saturated heterocycles. The highest BCUT2D eigenvalue weighted by Gasteiger charge is 2.62. The van der Waals surface area contributed by atoms with Gasteiger partial charge in [0.2, 0.25) is 23.6 Å².